The number of hydrogen-bond donors (Lipinski definition) is 1. The van der Waals surface area contributed by atoms with E-state index < -0.39 is 11.9 Å². The van der Waals surface area contributed by atoms with Gasteiger partial charge in [-0.3, -0.25) is 9.59 Å². The Bertz CT molecular complexity index is 506. The predicted molar refractivity (Wildman–Crippen MR) is 73.9 cm³/mol. The van der Waals surface area contributed by atoms with Gasteiger partial charge in [0.25, 0.3) is 0 Å². The first-order valence-corrected chi connectivity index (χ1v) is 6.83. The second-order valence-corrected chi connectivity index (χ2v) is 5.16. The lowest BCUT2D eigenvalue weighted by Gasteiger charge is -2.16. The topological polar surface area (TPSA) is 66.8 Å². The number of nitrogens with zero attached hydrogens (tertiary/aromatic N) is 1. The lowest BCUT2D eigenvalue weighted by atomic mass is 10.1. The SMILES string of the molecule is O=C(O)[C@@H]1CCN(C(=O)CCOc2cccc(Cl)c2)C1. The maximum absolute atomic E-state index is 11.9. The molecular weight excluding hydrogens is 282 g/mol. The van der Waals surface area contributed by atoms with Gasteiger partial charge >= 0.3 is 5.97 Å². The zero-order valence-electron chi connectivity index (χ0n) is 10.9. The average molecular weight is 298 g/mol. The summed E-state index contributed by atoms with van der Waals surface area (Å²) < 4.78 is 5.44. The van der Waals surface area contributed by atoms with Crippen molar-refractivity contribution in [3.8, 4) is 5.75 Å². The van der Waals surface area contributed by atoms with Crippen molar-refractivity contribution in [3.63, 3.8) is 0 Å². The minimum atomic E-state index is -0.838. The van der Waals surface area contributed by atoms with Crippen molar-refractivity contribution in [1.29, 1.82) is 0 Å². The fourth-order valence-electron chi connectivity index (χ4n) is 2.16. The van der Waals surface area contributed by atoms with Gasteiger partial charge < -0.3 is 14.7 Å². The summed E-state index contributed by atoms with van der Waals surface area (Å²) in [4.78, 5) is 24.3. The number of amides is 1. The van der Waals surface area contributed by atoms with Gasteiger partial charge in [-0.15, -0.1) is 0 Å². The highest BCUT2D eigenvalue weighted by molar-refractivity contribution is 6.30. The molecule has 0 radical (unpaired) electrons. The molecule has 1 aliphatic heterocycles. The number of halogens is 1. The summed E-state index contributed by atoms with van der Waals surface area (Å²) in [5.74, 6) is -0.728. The zero-order chi connectivity index (χ0) is 14.5. The summed E-state index contributed by atoms with van der Waals surface area (Å²) in [6.07, 6.45) is 0.759. The van der Waals surface area contributed by atoms with Crippen LogP contribution in [-0.4, -0.2) is 41.6 Å². The molecule has 2 rings (SSSR count). The molecule has 0 aromatic heterocycles. The number of carbonyl (C=O) groups excluding carboxylic acids is 1. The van der Waals surface area contributed by atoms with Gasteiger partial charge in [0.2, 0.25) is 5.91 Å². The number of hydrogen-bond acceptors (Lipinski definition) is 3. The van der Waals surface area contributed by atoms with E-state index in [9.17, 15) is 9.59 Å². The van der Waals surface area contributed by atoms with Gasteiger partial charge in [0.15, 0.2) is 0 Å². The monoisotopic (exact) mass is 297 g/mol. The highest BCUT2D eigenvalue weighted by Gasteiger charge is 2.30. The second kappa shape index (κ2) is 6.61. The Morgan fingerprint density at radius 3 is 2.90 bits per heavy atom. The standard InChI is InChI=1S/C14H16ClNO4/c15-11-2-1-3-12(8-11)20-7-5-13(17)16-6-4-10(9-16)14(18)19/h1-3,8,10H,4-7,9H2,(H,18,19)/t10-/m1/s1. The number of ether oxygens (including phenoxy) is 1. The summed E-state index contributed by atoms with van der Waals surface area (Å²) >= 11 is 5.82. The van der Waals surface area contributed by atoms with Crippen LogP contribution >= 0.6 is 11.6 Å². The summed E-state index contributed by atoms with van der Waals surface area (Å²) in [7, 11) is 0. The molecule has 0 saturated carbocycles. The van der Waals surface area contributed by atoms with Crippen LogP contribution in [0.4, 0.5) is 0 Å². The van der Waals surface area contributed by atoms with Crippen LogP contribution in [-0.2, 0) is 9.59 Å². The number of carboxylic acid groups (broad SMARTS) is 1. The van der Waals surface area contributed by atoms with Gasteiger partial charge in [-0.1, -0.05) is 17.7 Å². The molecule has 6 heteroatoms. The summed E-state index contributed by atoms with van der Waals surface area (Å²) in [6, 6.07) is 6.97. The summed E-state index contributed by atoms with van der Waals surface area (Å²) in [5, 5.41) is 9.47. The van der Waals surface area contributed by atoms with E-state index in [2.05, 4.69) is 0 Å². The number of likely N-dealkylation sites (tertiary alicyclic amines) is 1. The molecule has 0 aliphatic carbocycles. The quantitative estimate of drug-likeness (QED) is 0.903. The van der Waals surface area contributed by atoms with Crippen molar-refractivity contribution >= 4 is 23.5 Å². The summed E-state index contributed by atoms with van der Waals surface area (Å²) in [5.41, 5.74) is 0. The molecule has 20 heavy (non-hydrogen) atoms. The normalized spacial score (nSPS) is 18.1. The van der Waals surface area contributed by atoms with Gasteiger partial charge in [-0.2, -0.15) is 0 Å². The van der Waals surface area contributed by atoms with E-state index in [1.54, 1.807) is 29.2 Å². The molecule has 5 nitrogen and oxygen atoms in total. The van der Waals surface area contributed by atoms with E-state index in [0.717, 1.165) is 0 Å². The molecule has 1 aromatic carbocycles. The Morgan fingerprint density at radius 1 is 1.45 bits per heavy atom. The predicted octanol–water partition coefficient (Wildman–Crippen LogP) is 2.04. The van der Waals surface area contributed by atoms with Gasteiger partial charge in [-0.05, 0) is 24.6 Å². The Balaban J connectivity index is 1.75. The third kappa shape index (κ3) is 3.87. The molecule has 1 aromatic rings. The third-order valence-electron chi connectivity index (χ3n) is 3.27. The van der Waals surface area contributed by atoms with Crippen molar-refractivity contribution < 1.29 is 19.4 Å². The zero-order valence-corrected chi connectivity index (χ0v) is 11.7. The lowest BCUT2D eigenvalue weighted by Crippen LogP contribution is -2.30. The third-order valence-corrected chi connectivity index (χ3v) is 3.51. The Hall–Kier alpha value is -1.75. The van der Waals surface area contributed by atoms with E-state index in [4.69, 9.17) is 21.4 Å². The minimum Gasteiger partial charge on any atom is -0.493 e. The molecule has 1 atom stereocenters. The van der Waals surface area contributed by atoms with Crippen molar-refractivity contribution in [1.82, 2.24) is 4.90 Å². The highest BCUT2D eigenvalue weighted by atomic mass is 35.5. The first-order chi connectivity index (χ1) is 9.56. The Morgan fingerprint density at radius 2 is 2.25 bits per heavy atom. The summed E-state index contributed by atoms with van der Waals surface area (Å²) in [6.45, 7) is 1.06. The van der Waals surface area contributed by atoms with Crippen molar-refractivity contribution in [2.24, 2.45) is 5.92 Å². The van der Waals surface area contributed by atoms with E-state index in [-0.39, 0.29) is 18.9 Å². The Labute approximate surface area is 122 Å². The fraction of sp³-hybridized carbons (Fsp3) is 0.429. The number of aliphatic carboxylic acids is 1. The highest BCUT2D eigenvalue weighted by Crippen LogP contribution is 2.19. The van der Waals surface area contributed by atoms with Crippen LogP contribution in [0.15, 0.2) is 24.3 Å². The number of benzene rings is 1. The van der Waals surface area contributed by atoms with Gasteiger partial charge in [0.1, 0.15) is 5.75 Å². The molecule has 1 amide bonds. The lowest BCUT2D eigenvalue weighted by molar-refractivity contribution is -0.141. The smallest absolute Gasteiger partial charge is 0.308 e. The first kappa shape index (κ1) is 14.7. The average Bonchev–Trinajstić information content (AvgIpc) is 2.88. The molecule has 1 N–H and O–H groups in total. The van der Waals surface area contributed by atoms with E-state index in [1.807, 2.05) is 0 Å². The molecule has 1 saturated heterocycles. The maximum atomic E-state index is 11.9. The largest absolute Gasteiger partial charge is 0.493 e. The van der Waals surface area contributed by atoms with Crippen LogP contribution in [0.25, 0.3) is 0 Å². The second-order valence-electron chi connectivity index (χ2n) is 4.72. The van der Waals surface area contributed by atoms with Crippen LogP contribution in [0.5, 0.6) is 5.75 Å². The van der Waals surface area contributed by atoms with Gasteiger partial charge in [0.05, 0.1) is 18.9 Å². The molecule has 1 aliphatic rings. The van der Waals surface area contributed by atoms with E-state index in [1.165, 1.54) is 0 Å². The maximum Gasteiger partial charge on any atom is 0.308 e. The van der Waals surface area contributed by atoms with E-state index in [0.29, 0.717) is 30.3 Å². The van der Waals surface area contributed by atoms with Crippen LogP contribution < -0.4 is 4.74 Å². The van der Waals surface area contributed by atoms with Crippen LogP contribution in [0.3, 0.4) is 0 Å². The molecule has 0 spiro atoms. The molecule has 1 fully saturated rings. The Kier molecular flexibility index (Phi) is 4.84. The van der Waals surface area contributed by atoms with Crippen molar-refractivity contribution in [3.05, 3.63) is 29.3 Å². The van der Waals surface area contributed by atoms with Crippen LogP contribution in [0, 0.1) is 5.92 Å². The molecule has 1 heterocycles. The van der Waals surface area contributed by atoms with Crippen molar-refractivity contribution in [2.45, 2.75) is 12.8 Å². The number of rotatable bonds is 5. The van der Waals surface area contributed by atoms with Gasteiger partial charge in [0, 0.05) is 18.1 Å². The number of carboxylic acids is 1. The van der Waals surface area contributed by atoms with E-state index >= 15 is 0 Å². The van der Waals surface area contributed by atoms with Crippen LogP contribution in [0.1, 0.15) is 12.8 Å². The first-order valence-electron chi connectivity index (χ1n) is 6.45. The molecular formula is C14H16ClNO4. The van der Waals surface area contributed by atoms with Crippen molar-refractivity contribution in [2.75, 3.05) is 19.7 Å². The fourth-order valence-corrected chi connectivity index (χ4v) is 2.34. The van der Waals surface area contributed by atoms with Gasteiger partial charge in [-0.25, -0.2) is 0 Å². The minimum absolute atomic E-state index is 0.0734. The molecule has 0 unspecified atom stereocenters. The van der Waals surface area contributed by atoms with Crippen LogP contribution in [0.2, 0.25) is 5.02 Å². The number of carbonyl (C=O) groups is 2. The molecule has 108 valence electrons. The molecule has 0 bridgehead atoms.